The molecule has 54 valence electrons. The van der Waals surface area contributed by atoms with Crippen LogP contribution in [-0.2, 0) is 4.74 Å². The van der Waals surface area contributed by atoms with Gasteiger partial charge in [-0.15, -0.1) is 0 Å². The molecule has 1 saturated heterocycles. The average molecular weight is 130 g/mol. The molecule has 2 heteroatoms. The van der Waals surface area contributed by atoms with E-state index in [4.69, 9.17) is 4.74 Å². The maximum absolute atomic E-state index is 5.20. The third-order valence-corrected chi connectivity index (χ3v) is 1.90. The molecular weight excluding hydrogens is 114 g/mol. The lowest BCUT2D eigenvalue weighted by Crippen LogP contribution is -2.42. The van der Waals surface area contributed by atoms with Gasteiger partial charge >= 0.3 is 0 Å². The largest absolute Gasteiger partial charge is 0.318 e. The first-order valence-corrected chi connectivity index (χ1v) is 3.61. The van der Waals surface area contributed by atoms with Crippen molar-refractivity contribution in [2.45, 2.75) is 19.6 Å². The molecule has 0 aromatic carbocycles. The highest BCUT2D eigenvalue weighted by atomic mass is 16.6. The Balaban J connectivity index is 2.30. The summed E-state index contributed by atoms with van der Waals surface area (Å²) in [6.45, 7) is 4.40. The van der Waals surface area contributed by atoms with Crippen LogP contribution in [0.25, 0.3) is 0 Å². The standard InChI is InChI=1S/C7H16NO/c1-4-5-8(2,3)7-6-9-7/h7H,4-6H2,1-3H3/q+1. The summed E-state index contributed by atoms with van der Waals surface area (Å²) in [4.78, 5) is 0. The van der Waals surface area contributed by atoms with E-state index < -0.39 is 0 Å². The van der Waals surface area contributed by atoms with Gasteiger partial charge < -0.3 is 9.22 Å². The van der Waals surface area contributed by atoms with Gasteiger partial charge in [0.1, 0.15) is 6.61 Å². The van der Waals surface area contributed by atoms with Gasteiger partial charge in [0.25, 0.3) is 0 Å². The van der Waals surface area contributed by atoms with Crippen molar-refractivity contribution in [3.05, 3.63) is 0 Å². The quantitative estimate of drug-likeness (QED) is 0.407. The Kier molecular flexibility index (Phi) is 1.78. The normalized spacial score (nSPS) is 26.3. The SMILES string of the molecule is CCC[N+](C)(C)C1CO1. The van der Waals surface area contributed by atoms with E-state index in [9.17, 15) is 0 Å². The predicted octanol–water partition coefficient (Wildman–Crippen LogP) is 0.829. The van der Waals surface area contributed by atoms with E-state index in [-0.39, 0.29) is 0 Å². The minimum atomic E-state index is 0.505. The van der Waals surface area contributed by atoms with E-state index in [1.165, 1.54) is 13.0 Å². The van der Waals surface area contributed by atoms with E-state index in [0.29, 0.717) is 6.23 Å². The van der Waals surface area contributed by atoms with Crippen LogP contribution in [0.3, 0.4) is 0 Å². The van der Waals surface area contributed by atoms with Crippen LogP contribution in [-0.4, -0.2) is 38.0 Å². The number of rotatable bonds is 3. The molecule has 0 saturated carbocycles. The molecule has 0 bridgehead atoms. The van der Waals surface area contributed by atoms with E-state index in [1.807, 2.05) is 0 Å². The zero-order chi connectivity index (χ0) is 6.91. The Morgan fingerprint density at radius 1 is 1.56 bits per heavy atom. The van der Waals surface area contributed by atoms with E-state index in [2.05, 4.69) is 21.0 Å². The summed E-state index contributed by atoms with van der Waals surface area (Å²) in [6.07, 6.45) is 1.75. The summed E-state index contributed by atoms with van der Waals surface area (Å²) in [5.41, 5.74) is 0. The molecule has 0 N–H and O–H groups in total. The van der Waals surface area contributed by atoms with Crippen LogP contribution in [0.2, 0.25) is 0 Å². The molecule has 0 amide bonds. The van der Waals surface area contributed by atoms with Crippen LogP contribution >= 0.6 is 0 Å². The number of epoxide rings is 1. The second-order valence-corrected chi connectivity index (χ2v) is 3.29. The Morgan fingerprint density at radius 3 is 2.44 bits per heavy atom. The molecule has 1 aliphatic rings. The molecule has 0 aliphatic carbocycles. The first-order valence-electron chi connectivity index (χ1n) is 3.61. The fourth-order valence-electron chi connectivity index (χ4n) is 1.17. The Bertz CT molecular complexity index is 97.1. The van der Waals surface area contributed by atoms with Gasteiger partial charge in [-0.2, -0.15) is 0 Å². The van der Waals surface area contributed by atoms with Crippen molar-refractivity contribution in [1.29, 1.82) is 0 Å². The lowest BCUT2D eigenvalue weighted by atomic mass is 10.4. The molecule has 1 aliphatic heterocycles. The second kappa shape index (κ2) is 2.27. The van der Waals surface area contributed by atoms with Crippen molar-refractivity contribution in [3.8, 4) is 0 Å². The molecule has 1 unspecified atom stereocenters. The summed E-state index contributed by atoms with van der Waals surface area (Å²) in [5, 5.41) is 0. The van der Waals surface area contributed by atoms with Crippen LogP contribution < -0.4 is 0 Å². The highest BCUT2D eigenvalue weighted by Crippen LogP contribution is 2.20. The highest BCUT2D eigenvalue weighted by Gasteiger charge is 2.38. The number of hydrogen-bond donors (Lipinski definition) is 0. The highest BCUT2D eigenvalue weighted by molar-refractivity contribution is 4.55. The molecule has 1 heterocycles. The first-order chi connectivity index (χ1) is 4.17. The average Bonchev–Trinajstić information content (AvgIpc) is 2.41. The van der Waals surface area contributed by atoms with E-state index in [1.54, 1.807) is 0 Å². The van der Waals surface area contributed by atoms with Gasteiger partial charge in [-0.05, 0) is 6.42 Å². The minimum absolute atomic E-state index is 0.505. The van der Waals surface area contributed by atoms with E-state index >= 15 is 0 Å². The van der Waals surface area contributed by atoms with Gasteiger partial charge in [-0.1, -0.05) is 6.92 Å². The van der Waals surface area contributed by atoms with Gasteiger partial charge in [-0.25, -0.2) is 0 Å². The lowest BCUT2D eigenvalue weighted by Gasteiger charge is -2.26. The van der Waals surface area contributed by atoms with Gasteiger partial charge in [0.15, 0.2) is 0 Å². The Labute approximate surface area is 57.0 Å². The number of ether oxygens (including phenoxy) is 1. The maximum Gasteiger partial charge on any atom is 0.217 e. The molecule has 0 spiro atoms. The van der Waals surface area contributed by atoms with Crippen LogP contribution in [0.5, 0.6) is 0 Å². The number of likely N-dealkylation sites (N-methyl/N-ethyl adjacent to an activating group) is 1. The van der Waals surface area contributed by atoms with Crippen LogP contribution in [0.15, 0.2) is 0 Å². The molecule has 1 atom stereocenters. The molecule has 0 aromatic heterocycles. The smallest absolute Gasteiger partial charge is 0.217 e. The maximum atomic E-state index is 5.20. The molecule has 0 aromatic rings. The summed E-state index contributed by atoms with van der Waals surface area (Å²) in [7, 11) is 4.45. The lowest BCUT2D eigenvalue weighted by molar-refractivity contribution is -0.910. The van der Waals surface area contributed by atoms with Crippen LogP contribution in [0, 0.1) is 0 Å². The van der Waals surface area contributed by atoms with Gasteiger partial charge in [0.2, 0.25) is 6.23 Å². The zero-order valence-electron chi connectivity index (χ0n) is 6.55. The summed E-state index contributed by atoms with van der Waals surface area (Å²) in [6, 6.07) is 0. The minimum Gasteiger partial charge on any atom is -0.318 e. The fraction of sp³-hybridized carbons (Fsp3) is 1.00. The number of hydrogen-bond acceptors (Lipinski definition) is 1. The third kappa shape index (κ3) is 1.66. The number of nitrogens with zero attached hydrogens (tertiary/aromatic N) is 1. The fourth-order valence-corrected chi connectivity index (χ4v) is 1.17. The monoisotopic (exact) mass is 130 g/mol. The summed E-state index contributed by atoms with van der Waals surface area (Å²) >= 11 is 0. The van der Waals surface area contributed by atoms with Crippen molar-refractivity contribution in [3.63, 3.8) is 0 Å². The van der Waals surface area contributed by atoms with Crippen LogP contribution in [0.1, 0.15) is 13.3 Å². The topological polar surface area (TPSA) is 12.5 Å². The zero-order valence-corrected chi connectivity index (χ0v) is 6.55. The van der Waals surface area contributed by atoms with Gasteiger partial charge in [-0.3, -0.25) is 0 Å². The second-order valence-electron chi connectivity index (χ2n) is 3.29. The summed E-state index contributed by atoms with van der Waals surface area (Å²) < 4.78 is 6.24. The molecule has 9 heavy (non-hydrogen) atoms. The van der Waals surface area contributed by atoms with Crippen molar-refractivity contribution in [2.24, 2.45) is 0 Å². The first kappa shape index (κ1) is 7.03. The van der Waals surface area contributed by atoms with Crippen LogP contribution in [0.4, 0.5) is 0 Å². The Morgan fingerprint density at radius 2 is 2.11 bits per heavy atom. The third-order valence-electron chi connectivity index (χ3n) is 1.90. The number of quaternary nitrogens is 1. The van der Waals surface area contributed by atoms with Crippen molar-refractivity contribution < 1.29 is 9.22 Å². The molecule has 1 rings (SSSR count). The van der Waals surface area contributed by atoms with Crippen molar-refractivity contribution in [1.82, 2.24) is 0 Å². The molecular formula is C7H16NO+. The van der Waals surface area contributed by atoms with Gasteiger partial charge in [0.05, 0.1) is 20.6 Å². The summed E-state index contributed by atoms with van der Waals surface area (Å²) in [5.74, 6) is 0. The predicted molar refractivity (Wildman–Crippen MR) is 37.0 cm³/mol. The van der Waals surface area contributed by atoms with Gasteiger partial charge in [0, 0.05) is 0 Å². The van der Waals surface area contributed by atoms with E-state index in [0.717, 1.165) is 11.1 Å². The molecule has 1 fully saturated rings. The molecule has 0 radical (unpaired) electrons. The molecule has 2 nitrogen and oxygen atoms in total. The van der Waals surface area contributed by atoms with Crippen molar-refractivity contribution >= 4 is 0 Å². The Hall–Kier alpha value is -0.0800. The van der Waals surface area contributed by atoms with Crippen molar-refractivity contribution in [2.75, 3.05) is 27.2 Å².